The lowest BCUT2D eigenvalue weighted by molar-refractivity contribution is 0.439. The first-order chi connectivity index (χ1) is 8.60. The van der Waals surface area contributed by atoms with Gasteiger partial charge in [-0.3, -0.25) is 0 Å². The van der Waals surface area contributed by atoms with Crippen molar-refractivity contribution in [2.45, 2.75) is 13.5 Å². The van der Waals surface area contributed by atoms with Crippen LogP contribution >= 0.6 is 15.9 Å². The molecule has 18 heavy (non-hydrogen) atoms. The number of rotatable bonds is 3. The van der Waals surface area contributed by atoms with Crippen molar-refractivity contribution in [3.05, 3.63) is 57.8 Å². The molecule has 2 N–H and O–H groups in total. The van der Waals surface area contributed by atoms with Crippen molar-refractivity contribution in [1.29, 1.82) is 0 Å². The van der Waals surface area contributed by atoms with Crippen LogP contribution in [-0.4, -0.2) is 0 Å². The summed E-state index contributed by atoms with van der Waals surface area (Å²) in [6.45, 7) is 2.22. The summed E-state index contributed by atoms with van der Waals surface area (Å²) in [4.78, 5) is 0. The van der Waals surface area contributed by atoms with Gasteiger partial charge in [-0.1, -0.05) is 28.1 Å². The van der Waals surface area contributed by atoms with E-state index in [1.807, 2.05) is 25.1 Å². The second-order valence-corrected chi connectivity index (χ2v) is 4.90. The minimum Gasteiger partial charge on any atom is -0.454 e. The first kappa shape index (κ1) is 13.1. The zero-order valence-corrected chi connectivity index (χ0v) is 11.5. The van der Waals surface area contributed by atoms with Crippen molar-refractivity contribution in [2.24, 2.45) is 5.73 Å². The lowest BCUT2D eigenvalue weighted by Gasteiger charge is -2.10. The number of hydrogen-bond donors (Lipinski definition) is 1. The SMILES string of the molecule is Cc1ccc(Br)cc1Oc1ccc(CN)cc1F. The van der Waals surface area contributed by atoms with Gasteiger partial charge in [-0.05, 0) is 42.3 Å². The van der Waals surface area contributed by atoms with Crippen molar-refractivity contribution in [1.82, 2.24) is 0 Å². The monoisotopic (exact) mass is 309 g/mol. The molecule has 0 unspecified atom stereocenters. The Balaban J connectivity index is 2.31. The van der Waals surface area contributed by atoms with Crippen LogP contribution in [0.5, 0.6) is 11.5 Å². The van der Waals surface area contributed by atoms with Gasteiger partial charge in [0.25, 0.3) is 0 Å². The Kier molecular flexibility index (Phi) is 3.99. The average molecular weight is 310 g/mol. The molecule has 0 aliphatic carbocycles. The molecule has 0 aromatic heterocycles. The summed E-state index contributed by atoms with van der Waals surface area (Å²) in [5, 5.41) is 0. The molecule has 0 aliphatic heterocycles. The number of benzene rings is 2. The topological polar surface area (TPSA) is 35.2 Å². The van der Waals surface area contributed by atoms with E-state index in [1.54, 1.807) is 12.1 Å². The van der Waals surface area contributed by atoms with Crippen LogP contribution in [0.1, 0.15) is 11.1 Å². The second kappa shape index (κ2) is 5.50. The summed E-state index contributed by atoms with van der Waals surface area (Å²) in [5.74, 6) is 0.425. The molecule has 94 valence electrons. The molecule has 0 amide bonds. The third-order valence-electron chi connectivity index (χ3n) is 2.60. The number of halogens is 2. The predicted octanol–water partition coefficient (Wildman–Crippen LogP) is 4.15. The molecule has 0 atom stereocenters. The first-order valence-electron chi connectivity index (χ1n) is 5.52. The molecule has 2 nitrogen and oxygen atoms in total. The predicted molar refractivity (Wildman–Crippen MR) is 73.2 cm³/mol. The lowest BCUT2D eigenvalue weighted by Crippen LogP contribution is -1.98. The third kappa shape index (κ3) is 2.89. The highest BCUT2D eigenvalue weighted by molar-refractivity contribution is 9.10. The van der Waals surface area contributed by atoms with Gasteiger partial charge in [0.1, 0.15) is 5.75 Å². The largest absolute Gasteiger partial charge is 0.454 e. The fraction of sp³-hybridized carbons (Fsp3) is 0.143. The molecule has 0 spiro atoms. The van der Waals surface area contributed by atoms with Crippen molar-refractivity contribution < 1.29 is 9.13 Å². The minimum atomic E-state index is -0.405. The van der Waals surface area contributed by atoms with Crippen LogP contribution < -0.4 is 10.5 Å². The summed E-state index contributed by atoms with van der Waals surface area (Å²) in [6.07, 6.45) is 0. The quantitative estimate of drug-likeness (QED) is 0.924. The van der Waals surface area contributed by atoms with E-state index in [4.69, 9.17) is 10.5 Å². The average Bonchev–Trinajstić information content (AvgIpc) is 2.36. The van der Waals surface area contributed by atoms with Crippen molar-refractivity contribution in [3.63, 3.8) is 0 Å². The van der Waals surface area contributed by atoms with E-state index in [2.05, 4.69) is 15.9 Å². The Morgan fingerprint density at radius 2 is 1.94 bits per heavy atom. The fourth-order valence-corrected chi connectivity index (χ4v) is 1.90. The fourth-order valence-electron chi connectivity index (χ4n) is 1.56. The number of hydrogen-bond acceptors (Lipinski definition) is 2. The summed E-state index contributed by atoms with van der Waals surface area (Å²) in [5.41, 5.74) is 7.14. The molecule has 2 aromatic rings. The molecule has 0 saturated carbocycles. The molecule has 0 fully saturated rings. The molecule has 0 bridgehead atoms. The van der Waals surface area contributed by atoms with E-state index in [1.165, 1.54) is 6.07 Å². The minimum absolute atomic E-state index is 0.202. The Morgan fingerprint density at radius 1 is 1.17 bits per heavy atom. The lowest BCUT2D eigenvalue weighted by atomic mass is 10.2. The molecule has 4 heteroatoms. The Morgan fingerprint density at radius 3 is 2.61 bits per heavy atom. The van der Waals surface area contributed by atoms with Crippen LogP contribution in [-0.2, 0) is 6.54 Å². The van der Waals surface area contributed by atoms with Crippen LogP contribution in [0.25, 0.3) is 0 Å². The molecule has 2 aromatic carbocycles. The van der Waals surface area contributed by atoms with Gasteiger partial charge < -0.3 is 10.5 Å². The summed E-state index contributed by atoms with van der Waals surface area (Å²) in [7, 11) is 0. The van der Waals surface area contributed by atoms with Gasteiger partial charge in [0.05, 0.1) is 0 Å². The second-order valence-electron chi connectivity index (χ2n) is 3.98. The molecule has 0 saturated heterocycles. The maximum Gasteiger partial charge on any atom is 0.166 e. The number of aryl methyl sites for hydroxylation is 1. The first-order valence-corrected chi connectivity index (χ1v) is 6.32. The molecule has 2 rings (SSSR count). The summed E-state index contributed by atoms with van der Waals surface area (Å²) in [6, 6.07) is 10.4. The van der Waals surface area contributed by atoms with E-state index < -0.39 is 5.82 Å². The molecular formula is C14H13BrFNO. The van der Waals surface area contributed by atoms with Crippen molar-refractivity contribution >= 4 is 15.9 Å². The molecule has 0 radical (unpaired) electrons. The van der Waals surface area contributed by atoms with E-state index in [0.29, 0.717) is 12.3 Å². The normalized spacial score (nSPS) is 10.4. The highest BCUT2D eigenvalue weighted by atomic mass is 79.9. The van der Waals surface area contributed by atoms with Crippen LogP contribution in [0.4, 0.5) is 4.39 Å². The highest BCUT2D eigenvalue weighted by Crippen LogP contribution is 2.29. The summed E-state index contributed by atoms with van der Waals surface area (Å²) < 4.78 is 20.2. The van der Waals surface area contributed by atoms with E-state index in [9.17, 15) is 4.39 Å². The maximum absolute atomic E-state index is 13.8. The highest BCUT2D eigenvalue weighted by Gasteiger charge is 2.08. The van der Waals surface area contributed by atoms with Gasteiger partial charge in [0.2, 0.25) is 0 Å². The van der Waals surface area contributed by atoms with Gasteiger partial charge in [-0.15, -0.1) is 0 Å². The Labute approximate surface area is 114 Å². The van der Waals surface area contributed by atoms with Gasteiger partial charge in [-0.25, -0.2) is 4.39 Å². The van der Waals surface area contributed by atoms with Crippen LogP contribution in [0.15, 0.2) is 40.9 Å². The zero-order valence-electron chi connectivity index (χ0n) is 9.91. The Bertz CT molecular complexity index is 572. The van der Waals surface area contributed by atoms with Gasteiger partial charge in [-0.2, -0.15) is 0 Å². The standard InChI is InChI=1S/C14H13BrFNO/c1-9-2-4-11(15)7-14(9)18-13-5-3-10(8-17)6-12(13)16/h2-7H,8,17H2,1H3. The van der Waals surface area contributed by atoms with Crippen molar-refractivity contribution in [3.8, 4) is 11.5 Å². The van der Waals surface area contributed by atoms with Gasteiger partial charge in [0.15, 0.2) is 11.6 Å². The van der Waals surface area contributed by atoms with Crippen LogP contribution in [0, 0.1) is 12.7 Å². The smallest absolute Gasteiger partial charge is 0.166 e. The molecule has 0 heterocycles. The van der Waals surface area contributed by atoms with E-state index >= 15 is 0 Å². The maximum atomic E-state index is 13.8. The zero-order chi connectivity index (χ0) is 13.1. The van der Waals surface area contributed by atoms with Crippen LogP contribution in [0.2, 0.25) is 0 Å². The Hall–Kier alpha value is -1.39. The van der Waals surface area contributed by atoms with Gasteiger partial charge >= 0.3 is 0 Å². The van der Waals surface area contributed by atoms with Crippen LogP contribution in [0.3, 0.4) is 0 Å². The number of nitrogens with two attached hydrogens (primary N) is 1. The van der Waals surface area contributed by atoms with Gasteiger partial charge in [0, 0.05) is 11.0 Å². The van der Waals surface area contributed by atoms with E-state index in [-0.39, 0.29) is 5.75 Å². The third-order valence-corrected chi connectivity index (χ3v) is 3.10. The molecular weight excluding hydrogens is 297 g/mol. The van der Waals surface area contributed by atoms with Crippen molar-refractivity contribution in [2.75, 3.05) is 0 Å². The molecule has 0 aliphatic rings. The number of ether oxygens (including phenoxy) is 1. The summed E-state index contributed by atoms with van der Waals surface area (Å²) >= 11 is 3.36. The van der Waals surface area contributed by atoms with E-state index in [0.717, 1.165) is 15.6 Å².